The average molecular weight is 337 g/mol. The molecule has 2 unspecified atom stereocenters. The van der Waals surface area contributed by atoms with Crippen molar-refractivity contribution in [2.24, 2.45) is 17.8 Å². The predicted octanol–water partition coefficient (Wildman–Crippen LogP) is 2.83. The van der Waals surface area contributed by atoms with Crippen LogP contribution in [0.4, 0.5) is 0 Å². The van der Waals surface area contributed by atoms with Gasteiger partial charge in [0.2, 0.25) is 5.91 Å². The molecule has 1 fully saturated rings. The number of hydrogen-bond donors (Lipinski definition) is 2. The van der Waals surface area contributed by atoms with Gasteiger partial charge in [0.25, 0.3) is 0 Å². The summed E-state index contributed by atoms with van der Waals surface area (Å²) in [4.78, 5) is 29.3. The van der Waals surface area contributed by atoms with E-state index < -0.39 is 0 Å². The number of carbonyl (C=O) groups excluding carboxylic acids is 1. The maximum Gasteiger partial charge on any atom is 0.345 e. The number of amides is 1. The molecule has 1 aliphatic carbocycles. The monoisotopic (exact) mass is 337 g/mol. The van der Waals surface area contributed by atoms with Gasteiger partial charge in [-0.15, -0.1) is 0 Å². The van der Waals surface area contributed by atoms with Gasteiger partial charge in [0.05, 0.1) is 10.8 Å². The Labute approximate surface area is 142 Å². The summed E-state index contributed by atoms with van der Waals surface area (Å²) in [6.45, 7) is 5.31. The molecular weight excluding hydrogens is 310 g/mol. The number of carbonyl (C=O) groups is 1. The van der Waals surface area contributed by atoms with Crippen molar-refractivity contribution in [3.63, 3.8) is 0 Å². The van der Waals surface area contributed by atoms with Gasteiger partial charge in [-0.1, -0.05) is 38.5 Å². The predicted molar refractivity (Wildman–Crippen MR) is 93.5 cm³/mol. The van der Waals surface area contributed by atoms with Crippen LogP contribution in [0.25, 0.3) is 0 Å². The Hall–Kier alpha value is -1.30. The molecule has 0 aliphatic heterocycles. The molecule has 5 nitrogen and oxygen atoms in total. The van der Waals surface area contributed by atoms with Gasteiger partial charge in [-0.25, -0.2) is 9.78 Å². The van der Waals surface area contributed by atoms with Crippen molar-refractivity contribution in [2.75, 3.05) is 12.3 Å². The quantitative estimate of drug-likeness (QED) is 0.592. The summed E-state index contributed by atoms with van der Waals surface area (Å²) in [6.07, 6.45) is 7.76. The fraction of sp³-hybridized carbons (Fsp3) is 0.706. The van der Waals surface area contributed by atoms with Crippen LogP contribution in [-0.4, -0.2) is 28.2 Å². The summed E-state index contributed by atoms with van der Waals surface area (Å²) in [5, 5.41) is 3.73. The first-order valence-corrected chi connectivity index (χ1v) is 9.54. The van der Waals surface area contributed by atoms with E-state index in [0.29, 0.717) is 16.7 Å². The lowest BCUT2D eigenvalue weighted by Gasteiger charge is -2.34. The molecule has 0 bridgehead atoms. The number of aromatic nitrogens is 2. The SMILES string of the molecule is CCC1CC(CC)CC(CNC(=O)CSc2ccnc(=O)[nH]2)C1. The first kappa shape index (κ1) is 18.0. The molecule has 1 aromatic heterocycles. The standard InChI is InChI=1S/C17H27N3O2S/c1-3-12-7-13(4-2)9-14(8-12)10-19-15(21)11-23-16-5-6-18-17(22)20-16/h5-6,12-14H,3-4,7-11H2,1-2H3,(H,19,21)(H,18,20,22). The molecule has 1 aliphatic rings. The van der Waals surface area contributed by atoms with E-state index in [1.807, 2.05) is 0 Å². The second-order valence-corrected chi connectivity index (χ2v) is 7.47. The lowest BCUT2D eigenvalue weighted by molar-refractivity contribution is -0.118. The first-order chi connectivity index (χ1) is 11.1. The highest BCUT2D eigenvalue weighted by Gasteiger charge is 2.27. The van der Waals surface area contributed by atoms with Crippen LogP contribution in [0.15, 0.2) is 22.1 Å². The number of thioether (sulfide) groups is 1. The Morgan fingerprint density at radius 1 is 1.26 bits per heavy atom. The highest BCUT2D eigenvalue weighted by molar-refractivity contribution is 7.99. The topological polar surface area (TPSA) is 74.8 Å². The first-order valence-electron chi connectivity index (χ1n) is 8.55. The molecule has 0 aromatic carbocycles. The molecule has 1 heterocycles. The third-order valence-corrected chi connectivity index (χ3v) is 5.70. The van der Waals surface area contributed by atoms with Gasteiger partial charge in [0.1, 0.15) is 0 Å². The summed E-state index contributed by atoms with van der Waals surface area (Å²) in [5.41, 5.74) is -0.381. The van der Waals surface area contributed by atoms with Crippen molar-refractivity contribution in [3.8, 4) is 0 Å². The van der Waals surface area contributed by atoms with E-state index in [2.05, 4.69) is 29.1 Å². The van der Waals surface area contributed by atoms with Crippen molar-refractivity contribution < 1.29 is 4.79 Å². The molecule has 0 saturated heterocycles. The van der Waals surface area contributed by atoms with Crippen LogP contribution in [0.3, 0.4) is 0 Å². The minimum atomic E-state index is -0.381. The molecule has 1 saturated carbocycles. The highest BCUT2D eigenvalue weighted by Crippen LogP contribution is 2.36. The Morgan fingerprint density at radius 2 is 1.91 bits per heavy atom. The Morgan fingerprint density at radius 3 is 2.52 bits per heavy atom. The second-order valence-electron chi connectivity index (χ2n) is 6.45. The van der Waals surface area contributed by atoms with Gasteiger partial charge in [-0.2, -0.15) is 0 Å². The number of hydrogen-bond acceptors (Lipinski definition) is 4. The molecule has 0 spiro atoms. The van der Waals surface area contributed by atoms with Crippen LogP contribution in [0, 0.1) is 17.8 Å². The van der Waals surface area contributed by atoms with Crippen LogP contribution in [0.5, 0.6) is 0 Å². The zero-order valence-electron chi connectivity index (χ0n) is 14.0. The number of nitrogens with one attached hydrogen (secondary N) is 2. The number of nitrogens with zero attached hydrogens (tertiary/aromatic N) is 1. The van der Waals surface area contributed by atoms with Crippen molar-refractivity contribution in [2.45, 2.75) is 51.0 Å². The molecule has 1 aromatic rings. The van der Waals surface area contributed by atoms with E-state index >= 15 is 0 Å². The average Bonchev–Trinajstić information content (AvgIpc) is 2.57. The molecule has 2 rings (SSSR count). The summed E-state index contributed by atoms with van der Waals surface area (Å²) in [5.74, 6) is 2.58. The lowest BCUT2D eigenvalue weighted by Crippen LogP contribution is -2.34. The molecule has 1 amide bonds. The third-order valence-electron chi connectivity index (χ3n) is 4.75. The Balaban J connectivity index is 1.74. The normalized spacial score (nSPS) is 24.3. The minimum Gasteiger partial charge on any atom is -0.355 e. The molecular formula is C17H27N3O2S. The molecule has 2 N–H and O–H groups in total. The fourth-order valence-corrected chi connectivity index (χ4v) is 4.13. The zero-order valence-corrected chi connectivity index (χ0v) is 14.8. The van der Waals surface area contributed by atoms with E-state index in [1.165, 1.54) is 50.1 Å². The number of rotatable bonds is 7. The zero-order chi connectivity index (χ0) is 16.7. The maximum absolute atomic E-state index is 12.0. The van der Waals surface area contributed by atoms with Crippen LogP contribution < -0.4 is 11.0 Å². The van der Waals surface area contributed by atoms with Crippen LogP contribution in [-0.2, 0) is 4.79 Å². The van der Waals surface area contributed by atoms with Crippen molar-refractivity contribution >= 4 is 17.7 Å². The van der Waals surface area contributed by atoms with Gasteiger partial charge >= 0.3 is 5.69 Å². The van der Waals surface area contributed by atoms with Gasteiger partial charge in [0, 0.05) is 12.7 Å². The molecule has 23 heavy (non-hydrogen) atoms. The van der Waals surface area contributed by atoms with Crippen molar-refractivity contribution in [1.29, 1.82) is 0 Å². The van der Waals surface area contributed by atoms with E-state index in [4.69, 9.17) is 0 Å². The van der Waals surface area contributed by atoms with E-state index in [0.717, 1.165) is 18.4 Å². The van der Waals surface area contributed by atoms with E-state index in [-0.39, 0.29) is 11.6 Å². The summed E-state index contributed by atoms with van der Waals surface area (Å²) in [6, 6.07) is 1.71. The third kappa shape index (κ3) is 6.01. The molecule has 128 valence electrons. The highest BCUT2D eigenvalue weighted by atomic mass is 32.2. The van der Waals surface area contributed by atoms with Crippen LogP contribution >= 0.6 is 11.8 Å². The molecule has 0 radical (unpaired) electrons. The van der Waals surface area contributed by atoms with Gasteiger partial charge in [-0.3, -0.25) is 4.79 Å². The van der Waals surface area contributed by atoms with Crippen molar-refractivity contribution in [3.05, 3.63) is 22.7 Å². The van der Waals surface area contributed by atoms with Gasteiger partial charge < -0.3 is 10.3 Å². The van der Waals surface area contributed by atoms with Crippen LogP contribution in [0.2, 0.25) is 0 Å². The summed E-state index contributed by atoms with van der Waals surface area (Å²) >= 11 is 1.33. The van der Waals surface area contributed by atoms with Gasteiger partial charge in [0.15, 0.2) is 0 Å². The smallest absolute Gasteiger partial charge is 0.345 e. The number of aromatic amines is 1. The summed E-state index contributed by atoms with van der Waals surface area (Å²) in [7, 11) is 0. The van der Waals surface area contributed by atoms with Crippen LogP contribution in [0.1, 0.15) is 46.0 Å². The Kier molecular flexibility index (Phi) is 7.15. The van der Waals surface area contributed by atoms with Gasteiger partial charge in [-0.05, 0) is 43.1 Å². The van der Waals surface area contributed by atoms with E-state index in [1.54, 1.807) is 6.07 Å². The summed E-state index contributed by atoms with van der Waals surface area (Å²) < 4.78 is 0. The minimum absolute atomic E-state index is 0.0272. The van der Waals surface area contributed by atoms with E-state index in [9.17, 15) is 9.59 Å². The maximum atomic E-state index is 12.0. The number of H-pyrrole nitrogens is 1. The molecule has 6 heteroatoms. The largest absolute Gasteiger partial charge is 0.355 e. The fourth-order valence-electron chi connectivity index (χ4n) is 3.42. The second kappa shape index (κ2) is 9.11. The molecule has 2 atom stereocenters. The van der Waals surface area contributed by atoms with Crippen molar-refractivity contribution in [1.82, 2.24) is 15.3 Å². The Bertz CT molecular complexity index is 549. The lowest BCUT2D eigenvalue weighted by atomic mass is 9.73.